The molecule has 0 spiro atoms. The first-order valence-electron chi connectivity index (χ1n) is 9.93. The van der Waals surface area contributed by atoms with Crippen molar-refractivity contribution in [1.82, 2.24) is 4.31 Å². The molecule has 2 heterocycles. The molecular formula is C21H23N3O5S. The lowest BCUT2D eigenvalue weighted by atomic mass is 9.97. The summed E-state index contributed by atoms with van der Waals surface area (Å²) in [6.07, 6.45) is 2.04. The molecule has 9 heteroatoms. The Morgan fingerprint density at radius 1 is 1.13 bits per heavy atom. The van der Waals surface area contributed by atoms with E-state index in [2.05, 4.69) is 0 Å². The van der Waals surface area contributed by atoms with Crippen molar-refractivity contribution >= 4 is 27.3 Å². The summed E-state index contributed by atoms with van der Waals surface area (Å²) in [7, 11) is -3.82. The molecule has 1 fully saturated rings. The van der Waals surface area contributed by atoms with Crippen molar-refractivity contribution in [1.29, 1.82) is 0 Å². The minimum atomic E-state index is -3.82. The maximum absolute atomic E-state index is 13.3. The number of piperidine rings is 1. The molecule has 1 saturated heterocycles. The Hall–Kier alpha value is -2.78. The molecule has 8 nitrogen and oxygen atoms in total. The lowest BCUT2D eigenvalue weighted by Gasteiger charge is -2.33. The summed E-state index contributed by atoms with van der Waals surface area (Å²) in [6, 6.07) is 10.9. The van der Waals surface area contributed by atoms with Crippen molar-refractivity contribution in [2.75, 3.05) is 24.5 Å². The number of rotatable bonds is 4. The van der Waals surface area contributed by atoms with Gasteiger partial charge in [0.05, 0.1) is 15.7 Å². The van der Waals surface area contributed by atoms with Crippen LogP contribution in [0.25, 0.3) is 0 Å². The molecule has 30 heavy (non-hydrogen) atoms. The normalized spacial score (nSPS) is 19.5. The van der Waals surface area contributed by atoms with E-state index in [0.29, 0.717) is 25.9 Å². The molecule has 0 radical (unpaired) electrons. The van der Waals surface area contributed by atoms with Crippen molar-refractivity contribution in [2.24, 2.45) is 5.92 Å². The smallest absolute Gasteiger partial charge is 0.269 e. The number of amides is 1. The number of carbonyl (C=O) groups excluding carboxylic acids is 1. The highest BCUT2D eigenvalue weighted by atomic mass is 32.2. The molecule has 1 atom stereocenters. The zero-order valence-electron chi connectivity index (χ0n) is 16.7. The van der Waals surface area contributed by atoms with Crippen LogP contribution in [0, 0.1) is 23.0 Å². The monoisotopic (exact) mass is 429 g/mol. The summed E-state index contributed by atoms with van der Waals surface area (Å²) in [6.45, 7) is 3.05. The Kier molecular flexibility index (Phi) is 5.33. The maximum Gasteiger partial charge on any atom is 0.269 e. The van der Waals surface area contributed by atoms with Crippen molar-refractivity contribution < 1.29 is 18.1 Å². The number of benzene rings is 2. The number of hydrogen-bond donors (Lipinski definition) is 0. The second-order valence-corrected chi connectivity index (χ2v) is 9.71. The number of hydrogen-bond acceptors (Lipinski definition) is 5. The number of para-hydroxylation sites is 1. The van der Waals surface area contributed by atoms with Crippen molar-refractivity contribution in [3.05, 3.63) is 63.7 Å². The number of sulfonamides is 1. The molecule has 158 valence electrons. The fourth-order valence-electron chi connectivity index (χ4n) is 4.34. The SMILES string of the molecule is Cc1cccc2c1N(C(=O)C1CCCN(S(=O)(=O)c3ccc([N+](=O)[O-])cc3)C1)CC2. The zero-order chi connectivity index (χ0) is 21.5. The minimum Gasteiger partial charge on any atom is -0.311 e. The van der Waals surface area contributed by atoms with Gasteiger partial charge in [-0.1, -0.05) is 18.2 Å². The molecule has 2 aromatic rings. The predicted octanol–water partition coefficient (Wildman–Crippen LogP) is 2.89. The fourth-order valence-corrected chi connectivity index (χ4v) is 5.87. The summed E-state index contributed by atoms with van der Waals surface area (Å²) in [5.74, 6) is -0.441. The van der Waals surface area contributed by atoms with Crippen molar-refractivity contribution in [3.8, 4) is 0 Å². The van der Waals surface area contributed by atoms with Crippen LogP contribution in [-0.2, 0) is 21.2 Å². The van der Waals surface area contributed by atoms with Crippen LogP contribution in [-0.4, -0.2) is 43.2 Å². The quantitative estimate of drug-likeness (QED) is 0.549. The average Bonchev–Trinajstić information content (AvgIpc) is 3.19. The number of carbonyl (C=O) groups is 1. The molecular weight excluding hydrogens is 406 g/mol. The molecule has 0 aliphatic carbocycles. The zero-order valence-corrected chi connectivity index (χ0v) is 17.5. The van der Waals surface area contributed by atoms with E-state index in [9.17, 15) is 23.3 Å². The number of non-ortho nitro benzene ring substituents is 1. The second kappa shape index (κ2) is 7.81. The van der Waals surface area contributed by atoms with E-state index in [0.717, 1.165) is 23.2 Å². The van der Waals surface area contributed by atoms with Crippen LogP contribution in [0.1, 0.15) is 24.0 Å². The van der Waals surface area contributed by atoms with Gasteiger partial charge in [-0.15, -0.1) is 0 Å². The summed E-state index contributed by atoms with van der Waals surface area (Å²) in [5, 5.41) is 10.8. The van der Waals surface area contributed by atoms with Crippen LogP contribution in [0.4, 0.5) is 11.4 Å². The molecule has 0 bridgehead atoms. The molecule has 2 aromatic carbocycles. The maximum atomic E-state index is 13.3. The predicted molar refractivity (Wildman–Crippen MR) is 112 cm³/mol. The molecule has 0 saturated carbocycles. The van der Waals surface area contributed by atoms with Gasteiger partial charge in [0, 0.05) is 37.5 Å². The van der Waals surface area contributed by atoms with Crippen molar-refractivity contribution in [2.45, 2.75) is 31.1 Å². The third kappa shape index (κ3) is 3.59. The Labute approximate surface area is 175 Å². The van der Waals surface area contributed by atoms with E-state index in [-0.39, 0.29) is 23.0 Å². The standard InChI is InChI=1S/C21H23N3O5S/c1-15-4-2-5-16-11-13-23(20(15)16)21(25)17-6-3-12-22(14-17)30(28,29)19-9-7-18(8-10-19)24(26)27/h2,4-5,7-10,17H,3,6,11-14H2,1H3. The first-order valence-corrected chi connectivity index (χ1v) is 11.4. The first-order chi connectivity index (χ1) is 14.3. The summed E-state index contributed by atoms with van der Waals surface area (Å²) < 4.78 is 27.4. The highest BCUT2D eigenvalue weighted by Gasteiger charge is 2.37. The molecule has 0 aromatic heterocycles. The number of nitro benzene ring substituents is 1. The van der Waals surface area contributed by atoms with Gasteiger partial charge in [0.15, 0.2) is 0 Å². The molecule has 2 aliphatic rings. The minimum absolute atomic E-state index is 0.00330. The first kappa shape index (κ1) is 20.5. The van der Waals surface area contributed by atoms with Crippen LogP contribution in [0.15, 0.2) is 47.4 Å². The van der Waals surface area contributed by atoms with Gasteiger partial charge >= 0.3 is 0 Å². The Balaban J connectivity index is 1.54. The third-order valence-corrected chi connectivity index (χ3v) is 7.76. The van der Waals surface area contributed by atoms with Gasteiger partial charge in [0.25, 0.3) is 5.69 Å². The average molecular weight is 429 g/mol. The summed E-state index contributed by atoms with van der Waals surface area (Å²) in [4.78, 5) is 25.3. The Morgan fingerprint density at radius 2 is 1.87 bits per heavy atom. The molecule has 1 unspecified atom stereocenters. The van der Waals surface area contributed by atoms with E-state index < -0.39 is 20.9 Å². The highest BCUT2D eigenvalue weighted by molar-refractivity contribution is 7.89. The number of anilines is 1. The van der Waals surface area contributed by atoms with Crippen molar-refractivity contribution in [3.63, 3.8) is 0 Å². The van der Waals surface area contributed by atoms with Crippen LogP contribution in [0.5, 0.6) is 0 Å². The summed E-state index contributed by atoms with van der Waals surface area (Å²) >= 11 is 0. The lowest BCUT2D eigenvalue weighted by molar-refractivity contribution is -0.384. The van der Waals surface area contributed by atoms with Gasteiger partial charge in [0.1, 0.15) is 0 Å². The van der Waals surface area contributed by atoms with E-state index in [1.165, 1.54) is 28.6 Å². The van der Waals surface area contributed by atoms with E-state index in [1.807, 2.05) is 25.1 Å². The van der Waals surface area contributed by atoms with E-state index in [4.69, 9.17) is 0 Å². The highest BCUT2D eigenvalue weighted by Crippen LogP contribution is 2.34. The molecule has 4 rings (SSSR count). The van der Waals surface area contributed by atoms with Crippen LogP contribution in [0.2, 0.25) is 0 Å². The third-order valence-electron chi connectivity index (χ3n) is 5.88. The lowest BCUT2D eigenvalue weighted by Crippen LogP contribution is -2.46. The number of nitro groups is 1. The van der Waals surface area contributed by atoms with Gasteiger partial charge < -0.3 is 4.90 Å². The van der Waals surface area contributed by atoms with Gasteiger partial charge in [-0.2, -0.15) is 4.31 Å². The Bertz CT molecular complexity index is 1100. The van der Waals surface area contributed by atoms with Crippen LogP contribution >= 0.6 is 0 Å². The second-order valence-electron chi connectivity index (χ2n) is 7.78. The molecule has 1 amide bonds. The van der Waals surface area contributed by atoms with Gasteiger partial charge in [-0.25, -0.2) is 8.42 Å². The van der Waals surface area contributed by atoms with Gasteiger partial charge in [0.2, 0.25) is 15.9 Å². The topological polar surface area (TPSA) is 101 Å². The largest absolute Gasteiger partial charge is 0.311 e. The molecule has 2 aliphatic heterocycles. The van der Waals surface area contributed by atoms with E-state index in [1.54, 1.807) is 4.90 Å². The van der Waals surface area contributed by atoms with Gasteiger partial charge in [-0.3, -0.25) is 14.9 Å². The number of nitrogens with zero attached hydrogens (tertiary/aromatic N) is 3. The van der Waals surface area contributed by atoms with Gasteiger partial charge in [-0.05, 0) is 49.4 Å². The summed E-state index contributed by atoms with van der Waals surface area (Å²) in [5.41, 5.74) is 2.99. The van der Waals surface area contributed by atoms with Crippen LogP contribution in [0.3, 0.4) is 0 Å². The number of aryl methyl sites for hydroxylation is 1. The molecule has 0 N–H and O–H groups in total. The van der Waals surface area contributed by atoms with E-state index >= 15 is 0 Å². The Morgan fingerprint density at radius 3 is 2.57 bits per heavy atom. The fraction of sp³-hybridized carbons (Fsp3) is 0.381. The van der Waals surface area contributed by atoms with Crippen LogP contribution < -0.4 is 4.90 Å². The number of fused-ring (bicyclic) bond motifs is 1.